The number of amides is 4. The third-order valence-corrected chi connectivity index (χ3v) is 5.98. The predicted molar refractivity (Wildman–Crippen MR) is 112 cm³/mol. The molecule has 1 aromatic heterocycles. The molecule has 1 saturated heterocycles. The van der Waals surface area contributed by atoms with Crippen molar-refractivity contribution in [2.24, 2.45) is 0 Å². The van der Waals surface area contributed by atoms with Crippen molar-refractivity contribution in [3.05, 3.63) is 71.4 Å². The zero-order chi connectivity index (χ0) is 20.7. The molecule has 0 aliphatic carbocycles. The lowest BCUT2D eigenvalue weighted by molar-refractivity contribution is -0.138. The Morgan fingerprint density at radius 1 is 1.03 bits per heavy atom. The molecular formula is C23H22N4O3. The van der Waals surface area contributed by atoms with E-state index in [1.807, 2.05) is 48.7 Å². The van der Waals surface area contributed by atoms with Crippen molar-refractivity contribution in [1.29, 1.82) is 0 Å². The van der Waals surface area contributed by atoms with Gasteiger partial charge in [-0.2, -0.15) is 0 Å². The summed E-state index contributed by atoms with van der Waals surface area (Å²) in [7, 11) is 0. The fourth-order valence-corrected chi connectivity index (χ4v) is 4.33. The van der Waals surface area contributed by atoms with Crippen LogP contribution < -0.4 is 5.32 Å². The number of urea groups is 1. The van der Waals surface area contributed by atoms with Crippen molar-refractivity contribution < 1.29 is 14.4 Å². The van der Waals surface area contributed by atoms with Gasteiger partial charge in [-0.3, -0.25) is 14.5 Å². The first-order chi connectivity index (χ1) is 14.6. The standard InChI is InChI=1S/C23H22N4O3/c28-21(26-10-9-15-5-1-2-6-16(15)13-26)14-27-22(29)20(25-23(27)30)11-17-12-24-19-8-4-3-7-18(17)19/h1-8,12,20,24H,9-11,13-14H2,(H,25,30)/t20-/m0/s1. The summed E-state index contributed by atoms with van der Waals surface area (Å²) in [6.45, 7) is 0.882. The van der Waals surface area contributed by atoms with E-state index in [0.717, 1.165) is 33.4 Å². The van der Waals surface area contributed by atoms with Gasteiger partial charge < -0.3 is 15.2 Å². The van der Waals surface area contributed by atoms with Crippen molar-refractivity contribution >= 4 is 28.7 Å². The molecule has 152 valence electrons. The highest BCUT2D eigenvalue weighted by atomic mass is 16.2. The van der Waals surface area contributed by atoms with Crippen molar-refractivity contribution in [1.82, 2.24) is 20.1 Å². The Morgan fingerprint density at radius 3 is 2.67 bits per heavy atom. The minimum atomic E-state index is -0.661. The lowest BCUT2D eigenvalue weighted by Crippen LogP contribution is -2.45. The molecule has 1 atom stereocenters. The second-order valence-electron chi connectivity index (χ2n) is 7.82. The molecule has 4 amide bonds. The number of H-pyrrole nitrogens is 1. The molecule has 3 heterocycles. The summed E-state index contributed by atoms with van der Waals surface area (Å²) >= 11 is 0. The molecule has 2 N–H and O–H groups in total. The van der Waals surface area contributed by atoms with Gasteiger partial charge >= 0.3 is 6.03 Å². The Balaban J connectivity index is 1.26. The maximum atomic E-state index is 12.9. The number of para-hydroxylation sites is 1. The number of carbonyl (C=O) groups is 3. The number of nitrogens with zero attached hydrogens (tertiary/aromatic N) is 2. The largest absolute Gasteiger partial charge is 0.361 e. The quantitative estimate of drug-likeness (QED) is 0.656. The second-order valence-corrected chi connectivity index (χ2v) is 7.82. The molecule has 0 radical (unpaired) electrons. The molecule has 0 unspecified atom stereocenters. The molecule has 5 rings (SSSR count). The summed E-state index contributed by atoms with van der Waals surface area (Å²) in [6.07, 6.45) is 3.03. The number of imide groups is 1. The molecule has 0 saturated carbocycles. The zero-order valence-corrected chi connectivity index (χ0v) is 16.4. The summed E-state index contributed by atoms with van der Waals surface area (Å²) in [5.74, 6) is -0.559. The third kappa shape index (κ3) is 3.22. The summed E-state index contributed by atoms with van der Waals surface area (Å²) < 4.78 is 0. The number of hydrogen-bond donors (Lipinski definition) is 2. The van der Waals surface area contributed by atoms with E-state index in [9.17, 15) is 14.4 Å². The van der Waals surface area contributed by atoms with Crippen molar-refractivity contribution in [3.8, 4) is 0 Å². The highest BCUT2D eigenvalue weighted by Gasteiger charge is 2.40. The fourth-order valence-electron chi connectivity index (χ4n) is 4.33. The Kier molecular flexibility index (Phi) is 4.50. The van der Waals surface area contributed by atoms with E-state index < -0.39 is 12.1 Å². The van der Waals surface area contributed by atoms with E-state index >= 15 is 0 Å². The molecule has 1 fully saturated rings. The van der Waals surface area contributed by atoms with E-state index in [-0.39, 0.29) is 18.4 Å². The summed E-state index contributed by atoms with van der Waals surface area (Å²) in [5.41, 5.74) is 4.31. The summed E-state index contributed by atoms with van der Waals surface area (Å²) in [5, 5.41) is 3.76. The van der Waals surface area contributed by atoms with Crippen LogP contribution >= 0.6 is 0 Å². The molecule has 7 heteroatoms. The number of aromatic nitrogens is 1. The fraction of sp³-hybridized carbons (Fsp3) is 0.261. The second kappa shape index (κ2) is 7.33. The normalized spacial score (nSPS) is 18.6. The van der Waals surface area contributed by atoms with Crippen LogP contribution in [0.4, 0.5) is 4.79 Å². The molecule has 0 spiro atoms. The smallest absolute Gasteiger partial charge is 0.325 e. The Labute approximate surface area is 173 Å². The van der Waals surface area contributed by atoms with Gasteiger partial charge in [0.25, 0.3) is 5.91 Å². The Morgan fingerprint density at radius 2 is 1.80 bits per heavy atom. The van der Waals surface area contributed by atoms with Crippen LogP contribution in [-0.2, 0) is 29.0 Å². The van der Waals surface area contributed by atoms with Crippen LogP contribution in [0.2, 0.25) is 0 Å². The predicted octanol–water partition coefficient (Wildman–Crippen LogP) is 2.22. The minimum Gasteiger partial charge on any atom is -0.361 e. The van der Waals surface area contributed by atoms with Gasteiger partial charge in [-0.05, 0) is 29.2 Å². The van der Waals surface area contributed by atoms with Crippen molar-refractivity contribution in [3.63, 3.8) is 0 Å². The van der Waals surface area contributed by atoms with E-state index in [1.165, 1.54) is 5.56 Å². The van der Waals surface area contributed by atoms with Crippen LogP contribution in [0.3, 0.4) is 0 Å². The Bertz CT molecular complexity index is 1150. The molecule has 2 aliphatic heterocycles. The number of aromatic amines is 1. The number of benzene rings is 2. The first-order valence-corrected chi connectivity index (χ1v) is 10.1. The maximum absolute atomic E-state index is 12.9. The van der Waals surface area contributed by atoms with Gasteiger partial charge in [0.15, 0.2) is 0 Å². The number of carbonyl (C=O) groups excluding carboxylic acids is 3. The SMILES string of the molecule is O=C(CN1C(=O)N[C@@H](Cc2c[nH]c3ccccc23)C1=O)N1CCc2ccccc2C1. The van der Waals surface area contributed by atoms with E-state index in [0.29, 0.717) is 19.5 Å². The average molecular weight is 402 g/mol. The number of fused-ring (bicyclic) bond motifs is 2. The van der Waals surface area contributed by atoms with Crippen LogP contribution in [0.5, 0.6) is 0 Å². The lowest BCUT2D eigenvalue weighted by atomic mass is 10.00. The summed E-state index contributed by atoms with van der Waals surface area (Å²) in [4.78, 5) is 44.0. The summed E-state index contributed by atoms with van der Waals surface area (Å²) in [6, 6.07) is 14.7. The van der Waals surface area contributed by atoms with Gasteiger partial charge in [-0.1, -0.05) is 42.5 Å². The molecule has 0 bridgehead atoms. The lowest BCUT2D eigenvalue weighted by Gasteiger charge is -2.29. The third-order valence-electron chi connectivity index (χ3n) is 5.98. The topological polar surface area (TPSA) is 85.5 Å². The first-order valence-electron chi connectivity index (χ1n) is 10.1. The highest BCUT2D eigenvalue weighted by molar-refractivity contribution is 6.06. The average Bonchev–Trinajstić information content (AvgIpc) is 3.29. The van der Waals surface area contributed by atoms with Crippen LogP contribution in [0.15, 0.2) is 54.7 Å². The van der Waals surface area contributed by atoms with Crippen LogP contribution in [0.1, 0.15) is 16.7 Å². The van der Waals surface area contributed by atoms with Crippen molar-refractivity contribution in [2.75, 3.05) is 13.1 Å². The number of nitrogens with one attached hydrogen (secondary N) is 2. The minimum absolute atomic E-state index is 0.208. The molecule has 3 aromatic rings. The number of rotatable bonds is 4. The molecule has 7 nitrogen and oxygen atoms in total. The highest BCUT2D eigenvalue weighted by Crippen LogP contribution is 2.22. The van der Waals surface area contributed by atoms with Gasteiger partial charge in [0, 0.05) is 36.6 Å². The van der Waals surface area contributed by atoms with Crippen LogP contribution in [0, 0.1) is 0 Å². The zero-order valence-electron chi connectivity index (χ0n) is 16.4. The van der Waals surface area contributed by atoms with E-state index in [1.54, 1.807) is 4.90 Å². The molecular weight excluding hydrogens is 380 g/mol. The Hall–Kier alpha value is -3.61. The van der Waals surface area contributed by atoms with Gasteiger partial charge in [0.05, 0.1) is 0 Å². The van der Waals surface area contributed by atoms with Gasteiger partial charge in [0.2, 0.25) is 5.91 Å². The monoisotopic (exact) mass is 402 g/mol. The molecule has 30 heavy (non-hydrogen) atoms. The molecule has 2 aliphatic rings. The van der Waals surface area contributed by atoms with Crippen LogP contribution in [-0.4, -0.2) is 51.8 Å². The van der Waals surface area contributed by atoms with Crippen molar-refractivity contribution in [2.45, 2.75) is 25.4 Å². The van der Waals surface area contributed by atoms with Gasteiger partial charge in [-0.15, -0.1) is 0 Å². The number of hydrogen-bond acceptors (Lipinski definition) is 3. The van der Waals surface area contributed by atoms with Crippen LogP contribution in [0.25, 0.3) is 10.9 Å². The van der Waals surface area contributed by atoms with Gasteiger partial charge in [-0.25, -0.2) is 4.79 Å². The maximum Gasteiger partial charge on any atom is 0.325 e. The van der Waals surface area contributed by atoms with E-state index in [4.69, 9.17) is 0 Å². The van der Waals surface area contributed by atoms with E-state index in [2.05, 4.69) is 16.4 Å². The first kappa shape index (κ1) is 18.4. The van der Waals surface area contributed by atoms with Gasteiger partial charge in [0.1, 0.15) is 12.6 Å². The molecule has 2 aromatic carbocycles.